The van der Waals surface area contributed by atoms with E-state index in [1.807, 2.05) is 74.6 Å². The van der Waals surface area contributed by atoms with E-state index in [0.717, 1.165) is 22.0 Å². The molecule has 0 bridgehead atoms. The zero-order chi connectivity index (χ0) is 42.2. The number of nitrogens with one attached hydrogen (secondary N) is 4. The van der Waals surface area contributed by atoms with E-state index < -0.39 is 53.6 Å². The average molecular weight is 798 g/mol. The maximum absolute atomic E-state index is 14.0. The van der Waals surface area contributed by atoms with Crippen LogP contribution in [0.5, 0.6) is 0 Å². The molecule has 0 saturated heterocycles. The van der Waals surface area contributed by atoms with Crippen molar-refractivity contribution in [3.05, 3.63) is 90.1 Å². The van der Waals surface area contributed by atoms with Gasteiger partial charge in [-0.2, -0.15) is 0 Å². The second kappa shape index (κ2) is 22.3. The van der Waals surface area contributed by atoms with Gasteiger partial charge in [-0.1, -0.05) is 68.8 Å². The predicted molar refractivity (Wildman–Crippen MR) is 222 cm³/mol. The largest absolute Gasteiger partial charge is 0.369 e. The van der Waals surface area contributed by atoms with Gasteiger partial charge in [0.2, 0.25) is 11.8 Å². The molecule has 15 nitrogen and oxygen atoms in total. The number of urea groups is 1. The molecule has 0 saturated carbocycles. The van der Waals surface area contributed by atoms with Gasteiger partial charge in [-0.25, -0.2) is 9.78 Å². The predicted octanol–water partition coefficient (Wildman–Crippen LogP) is 3.12. The highest BCUT2D eigenvalue weighted by molar-refractivity contribution is 5.96. The Bertz CT molecular complexity index is 1960. The minimum atomic E-state index is -1.03. The third-order valence-electron chi connectivity index (χ3n) is 10.3. The van der Waals surface area contributed by atoms with Gasteiger partial charge in [0.1, 0.15) is 0 Å². The molecule has 312 valence electrons. The van der Waals surface area contributed by atoms with E-state index in [4.69, 9.17) is 17.2 Å². The molecule has 0 aliphatic rings. The number of carbonyl (C=O) groups excluding carboxylic acids is 6. The lowest BCUT2D eigenvalue weighted by Gasteiger charge is -2.29. The van der Waals surface area contributed by atoms with Crippen molar-refractivity contribution >= 4 is 46.1 Å². The average Bonchev–Trinajstić information content (AvgIpc) is 3.86. The van der Waals surface area contributed by atoms with Crippen LogP contribution in [-0.2, 0) is 43.2 Å². The van der Waals surface area contributed by atoms with E-state index >= 15 is 0 Å². The normalized spacial score (nSPS) is 14.0. The zero-order valence-electron chi connectivity index (χ0n) is 33.7. The number of Topliss-reactive ketones (excluding diaryl/α,β-unsaturated/α-hetero) is 3. The fraction of sp³-hybridized carbons (Fsp3) is 0.465. The van der Waals surface area contributed by atoms with Gasteiger partial charge in [0.25, 0.3) is 0 Å². The summed E-state index contributed by atoms with van der Waals surface area (Å²) < 4.78 is 0. The molecule has 0 fully saturated rings. The highest BCUT2D eigenvalue weighted by atomic mass is 16.2. The summed E-state index contributed by atoms with van der Waals surface area (Å²) in [4.78, 5) is 92.6. The van der Waals surface area contributed by atoms with E-state index in [2.05, 4.69) is 25.6 Å². The number of ketones is 3. The molecular formula is C43H59N9O6. The number of amides is 4. The molecule has 0 radical (unpaired) electrons. The molecule has 2 aromatic heterocycles. The van der Waals surface area contributed by atoms with Crippen LogP contribution in [0.4, 0.5) is 4.79 Å². The molecule has 4 amide bonds. The standard InChI is InChI=1S/C43H59N9O6/c1-27(2)24-52(43(58)51-37(17-29-11-5-4-6-12-29)39(54)19-30(41(46)56)13-9-10-16-44)25-40(55)28(3)50-42(57)31(18-32-22-48-36-15-8-7-14-34(32)36)20-38(53)35(45)21-33-23-47-26-49-33/h4-8,11-12,14-15,22-23,26-28,30-31,35,37,48H,9-10,13,16-21,24-25,44-45H2,1-3H3,(H2,46,56)(H,47,49)(H,50,57)(H,51,58)/t28-,30+,31-,35-,37+/m0/s1. The van der Waals surface area contributed by atoms with Crippen molar-refractivity contribution in [2.24, 2.45) is 35.0 Å². The van der Waals surface area contributed by atoms with Gasteiger partial charge in [-0.05, 0) is 62.3 Å². The van der Waals surface area contributed by atoms with Gasteiger partial charge in [0.05, 0.1) is 31.0 Å². The van der Waals surface area contributed by atoms with Crippen molar-refractivity contribution in [3.63, 3.8) is 0 Å². The number of nitrogens with zero attached hydrogens (tertiary/aromatic N) is 2. The number of unbranched alkanes of at least 4 members (excludes halogenated alkanes) is 1. The molecular weight excluding hydrogens is 739 g/mol. The van der Waals surface area contributed by atoms with Gasteiger partial charge in [-0.3, -0.25) is 24.0 Å². The summed E-state index contributed by atoms with van der Waals surface area (Å²) in [5, 5.41) is 6.55. The summed E-state index contributed by atoms with van der Waals surface area (Å²) in [5.74, 6) is -3.83. The minimum Gasteiger partial charge on any atom is -0.369 e. The van der Waals surface area contributed by atoms with Crippen molar-refractivity contribution in [1.82, 2.24) is 30.5 Å². The topological polar surface area (TPSA) is 252 Å². The first-order valence-corrected chi connectivity index (χ1v) is 20.0. The van der Waals surface area contributed by atoms with Crippen LogP contribution < -0.4 is 27.8 Å². The van der Waals surface area contributed by atoms with Crippen LogP contribution in [-0.4, -0.2) is 92.8 Å². The lowest BCUT2D eigenvalue weighted by atomic mass is 9.90. The SMILES string of the molecule is CC(C)CN(CC(=O)[C@H](C)NC(=O)[C@H](CC(=O)[C@@H](N)Cc1cnc[nH]1)Cc1c[nH]c2ccccc12)C(=O)N[C@H](Cc1ccccc1)C(=O)C[C@@H](CCCCN)C(N)=O. The van der Waals surface area contributed by atoms with Crippen LogP contribution in [0.25, 0.3) is 10.9 Å². The van der Waals surface area contributed by atoms with Crippen LogP contribution in [0, 0.1) is 17.8 Å². The lowest BCUT2D eigenvalue weighted by Crippen LogP contribution is -2.53. The molecule has 15 heteroatoms. The van der Waals surface area contributed by atoms with Gasteiger partial charge in [0.15, 0.2) is 17.3 Å². The number of fused-ring (bicyclic) bond motifs is 1. The molecule has 0 aliphatic carbocycles. The number of H-pyrrole nitrogens is 2. The molecule has 0 spiro atoms. The number of imidazole rings is 1. The van der Waals surface area contributed by atoms with Crippen molar-refractivity contribution in [2.75, 3.05) is 19.6 Å². The molecule has 5 atom stereocenters. The van der Waals surface area contributed by atoms with Crippen LogP contribution in [0.3, 0.4) is 0 Å². The van der Waals surface area contributed by atoms with Crippen molar-refractivity contribution in [1.29, 1.82) is 0 Å². The second-order valence-electron chi connectivity index (χ2n) is 15.5. The second-order valence-corrected chi connectivity index (χ2v) is 15.5. The number of aromatic nitrogens is 3. The number of rotatable bonds is 25. The van der Waals surface area contributed by atoms with Crippen LogP contribution in [0.15, 0.2) is 73.3 Å². The zero-order valence-corrected chi connectivity index (χ0v) is 33.7. The van der Waals surface area contributed by atoms with Gasteiger partial charge >= 0.3 is 6.03 Å². The van der Waals surface area contributed by atoms with E-state index in [-0.39, 0.29) is 62.7 Å². The maximum Gasteiger partial charge on any atom is 0.318 e. The molecule has 2 aromatic carbocycles. The number of aromatic amines is 2. The van der Waals surface area contributed by atoms with Gasteiger partial charge < -0.3 is 42.7 Å². The Hall–Kier alpha value is -5.67. The molecule has 58 heavy (non-hydrogen) atoms. The quantitative estimate of drug-likeness (QED) is 0.0486. The first-order valence-electron chi connectivity index (χ1n) is 20.0. The Balaban J connectivity index is 1.48. The fourth-order valence-electron chi connectivity index (χ4n) is 6.96. The molecule has 2 heterocycles. The minimum absolute atomic E-state index is 0.0500. The smallest absolute Gasteiger partial charge is 0.318 e. The molecule has 4 aromatic rings. The maximum atomic E-state index is 14.0. The number of carbonyl (C=O) groups is 6. The van der Waals surface area contributed by atoms with Crippen molar-refractivity contribution in [2.45, 2.75) is 90.3 Å². The number of nitrogens with two attached hydrogens (primary N) is 3. The number of hydrogen-bond acceptors (Lipinski definition) is 9. The first-order chi connectivity index (χ1) is 27.7. The summed E-state index contributed by atoms with van der Waals surface area (Å²) in [6.07, 6.45) is 6.89. The Morgan fingerprint density at radius 3 is 2.19 bits per heavy atom. The number of benzene rings is 2. The third-order valence-corrected chi connectivity index (χ3v) is 10.3. The van der Waals surface area contributed by atoms with Crippen LogP contribution >= 0.6 is 0 Å². The Morgan fingerprint density at radius 1 is 0.810 bits per heavy atom. The van der Waals surface area contributed by atoms with Crippen molar-refractivity contribution < 1.29 is 28.8 Å². The molecule has 10 N–H and O–H groups in total. The third kappa shape index (κ3) is 13.8. The Morgan fingerprint density at radius 2 is 1.52 bits per heavy atom. The molecule has 4 rings (SSSR count). The number of hydrogen-bond donors (Lipinski definition) is 7. The highest BCUT2D eigenvalue weighted by Gasteiger charge is 2.32. The summed E-state index contributed by atoms with van der Waals surface area (Å²) in [6.45, 7) is 5.60. The van der Waals surface area contributed by atoms with Crippen molar-refractivity contribution in [3.8, 4) is 0 Å². The van der Waals surface area contributed by atoms with E-state index in [1.165, 1.54) is 18.2 Å². The van der Waals surface area contributed by atoms with E-state index in [9.17, 15) is 28.8 Å². The van der Waals surface area contributed by atoms with Crippen LogP contribution in [0.2, 0.25) is 0 Å². The highest BCUT2D eigenvalue weighted by Crippen LogP contribution is 2.23. The Labute approximate surface area is 339 Å². The van der Waals surface area contributed by atoms with Gasteiger partial charge in [0, 0.05) is 66.6 Å². The molecule has 0 aliphatic heterocycles. The lowest BCUT2D eigenvalue weighted by molar-refractivity contribution is -0.132. The number of primary amides is 1. The van der Waals surface area contributed by atoms with E-state index in [1.54, 1.807) is 6.20 Å². The number of para-hydroxylation sites is 1. The monoisotopic (exact) mass is 797 g/mol. The fourth-order valence-corrected chi connectivity index (χ4v) is 6.96. The van der Waals surface area contributed by atoms with Crippen LogP contribution in [0.1, 0.15) is 69.7 Å². The molecule has 0 unspecified atom stereocenters. The Kier molecular flexibility index (Phi) is 17.3. The van der Waals surface area contributed by atoms with E-state index in [0.29, 0.717) is 31.5 Å². The summed E-state index contributed by atoms with van der Waals surface area (Å²) in [6, 6.07) is 13.3. The van der Waals surface area contributed by atoms with Gasteiger partial charge in [-0.15, -0.1) is 0 Å². The first kappa shape index (κ1) is 45.0. The summed E-state index contributed by atoms with van der Waals surface area (Å²) in [5.41, 5.74) is 20.8. The summed E-state index contributed by atoms with van der Waals surface area (Å²) in [7, 11) is 0. The summed E-state index contributed by atoms with van der Waals surface area (Å²) >= 11 is 0.